The summed E-state index contributed by atoms with van der Waals surface area (Å²) >= 11 is 0. The fraction of sp³-hybridized carbons (Fsp3) is 0.444. The van der Waals surface area contributed by atoms with Crippen LogP contribution in [0.15, 0.2) is 24.3 Å². The molecule has 0 bridgehead atoms. The van der Waals surface area contributed by atoms with Gasteiger partial charge in [0.05, 0.1) is 0 Å². The molecule has 0 fully saturated rings. The second kappa shape index (κ2) is 5.56. The van der Waals surface area contributed by atoms with Crippen molar-refractivity contribution in [3.8, 4) is 0 Å². The summed E-state index contributed by atoms with van der Waals surface area (Å²) in [5.41, 5.74) is 8.77. The van der Waals surface area contributed by atoms with Crippen LogP contribution in [0.4, 0.5) is 0 Å². The van der Waals surface area contributed by atoms with Crippen molar-refractivity contribution in [1.82, 2.24) is 0 Å². The molecule has 96 valence electrons. The van der Waals surface area contributed by atoms with Crippen LogP contribution in [0.1, 0.15) is 54.0 Å². The predicted octanol–water partition coefficient (Wildman–Crippen LogP) is 5.16. The molecular weight excluding hydrogens is 216 g/mol. The van der Waals surface area contributed by atoms with Gasteiger partial charge < -0.3 is 0 Å². The average molecular weight is 240 g/mol. The molecule has 0 atom stereocenters. The minimum absolute atomic E-state index is 1.10. The third kappa shape index (κ3) is 2.58. The smallest absolute Gasteiger partial charge is 0.0192 e. The molecule has 0 saturated carbocycles. The molecule has 1 aromatic carbocycles. The number of fused-ring (bicyclic) bond motifs is 1. The first-order chi connectivity index (χ1) is 8.63. The number of aryl methyl sites for hydroxylation is 2. The van der Waals surface area contributed by atoms with E-state index in [0.717, 1.165) is 6.42 Å². The Morgan fingerprint density at radius 3 is 2.67 bits per heavy atom. The van der Waals surface area contributed by atoms with E-state index in [2.05, 4.69) is 45.6 Å². The van der Waals surface area contributed by atoms with E-state index in [1.165, 1.54) is 47.9 Å². The molecule has 0 aromatic heterocycles. The molecule has 1 aromatic rings. The minimum atomic E-state index is 1.10. The van der Waals surface area contributed by atoms with Gasteiger partial charge in [-0.05, 0) is 67.3 Å². The van der Waals surface area contributed by atoms with Gasteiger partial charge in [0.2, 0.25) is 0 Å². The molecule has 0 heterocycles. The first kappa shape index (κ1) is 13.1. The summed E-state index contributed by atoms with van der Waals surface area (Å²) < 4.78 is 0. The molecule has 0 aliphatic heterocycles. The van der Waals surface area contributed by atoms with Crippen LogP contribution in [0.25, 0.3) is 6.08 Å². The Hall–Kier alpha value is -1.30. The first-order valence-corrected chi connectivity index (χ1v) is 7.11. The summed E-state index contributed by atoms with van der Waals surface area (Å²) in [4.78, 5) is 0. The fourth-order valence-corrected chi connectivity index (χ4v) is 3.04. The number of rotatable bonds is 4. The average Bonchev–Trinajstić information content (AvgIpc) is 2.78. The predicted molar refractivity (Wildman–Crippen MR) is 81.0 cm³/mol. The Morgan fingerprint density at radius 1 is 1.22 bits per heavy atom. The highest BCUT2D eigenvalue weighted by Crippen LogP contribution is 2.31. The van der Waals surface area contributed by atoms with Crippen LogP contribution in [0.3, 0.4) is 0 Å². The lowest BCUT2D eigenvalue weighted by atomic mass is 9.93. The minimum Gasteiger partial charge on any atom is -0.0958 e. The number of hydrogen-bond donors (Lipinski definition) is 0. The van der Waals surface area contributed by atoms with Gasteiger partial charge in [-0.2, -0.15) is 0 Å². The Kier molecular flexibility index (Phi) is 4.06. The number of benzene rings is 1. The Morgan fingerprint density at radius 2 is 1.94 bits per heavy atom. The fourth-order valence-electron chi connectivity index (χ4n) is 3.04. The Balaban J connectivity index is 2.34. The SMILES string of the molecule is C=C(/C=C\c1c(C)cc(C)c2c1CCC2)CCC. The van der Waals surface area contributed by atoms with Crippen LogP contribution in [0.5, 0.6) is 0 Å². The molecule has 18 heavy (non-hydrogen) atoms. The van der Waals surface area contributed by atoms with E-state index in [9.17, 15) is 0 Å². The van der Waals surface area contributed by atoms with E-state index in [1.807, 2.05) is 0 Å². The highest BCUT2D eigenvalue weighted by molar-refractivity contribution is 5.64. The number of allylic oxidation sites excluding steroid dienone is 2. The maximum Gasteiger partial charge on any atom is -0.0192 e. The summed E-state index contributed by atoms with van der Waals surface area (Å²) in [5.74, 6) is 0. The highest BCUT2D eigenvalue weighted by atomic mass is 14.2. The topological polar surface area (TPSA) is 0 Å². The standard InChI is InChI=1S/C18H24/c1-5-7-13(2)10-11-17-15(4)12-14(3)16-8-6-9-18(16)17/h10-12H,2,5-9H2,1,3-4H3/b11-10-. The molecule has 0 unspecified atom stereocenters. The third-order valence-electron chi connectivity index (χ3n) is 3.93. The maximum absolute atomic E-state index is 4.11. The van der Waals surface area contributed by atoms with Gasteiger partial charge in [-0.3, -0.25) is 0 Å². The zero-order valence-corrected chi connectivity index (χ0v) is 12.0. The van der Waals surface area contributed by atoms with Crippen molar-refractivity contribution >= 4 is 6.08 Å². The summed E-state index contributed by atoms with van der Waals surface area (Å²) in [6.07, 6.45) is 10.6. The number of hydrogen-bond acceptors (Lipinski definition) is 0. The van der Waals surface area contributed by atoms with Gasteiger partial charge in [0.1, 0.15) is 0 Å². The molecular formula is C18H24. The Bertz CT molecular complexity index is 489. The highest BCUT2D eigenvalue weighted by Gasteiger charge is 2.17. The lowest BCUT2D eigenvalue weighted by molar-refractivity contribution is 0.908. The van der Waals surface area contributed by atoms with Gasteiger partial charge in [-0.15, -0.1) is 0 Å². The Labute approximate surface area is 111 Å². The summed E-state index contributed by atoms with van der Waals surface area (Å²) in [6, 6.07) is 2.34. The van der Waals surface area contributed by atoms with Crippen LogP contribution in [0, 0.1) is 13.8 Å². The molecule has 0 nitrogen and oxygen atoms in total. The van der Waals surface area contributed by atoms with Gasteiger partial charge in [0, 0.05) is 0 Å². The molecule has 1 aliphatic carbocycles. The summed E-state index contributed by atoms with van der Waals surface area (Å²) in [7, 11) is 0. The molecule has 1 aliphatic rings. The van der Waals surface area contributed by atoms with E-state index in [4.69, 9.17) is 0 Å². The third-order valence-corrected chi connectivity index (χ3v) is 3.93. The van der Waals surface area contributed by atoms with E-state index in [1.54, 1.807) is 11.1 Å². The summed E-state index contributed by atoms with van der Waals surface area (Å²) in [6.45, 7) is 10.8. The molecule has 0 N–H and O–H groups in total. The molecule has 2 rings (SSSR count). The normalized spacial score (nSPS) is 14.2. The van der Waals surface area contributed by atoms with Crippen LogP contribution in [-0.2, 0) is 12.8 Å². The molecule has 0 amide bonds. The van der Waals surface area contributed by atoms with Gasteiger partial charge in [0.25, 0.3) is 0 Å². The van der Waals surface area contributed by atoms with Crippen LogP contribution >= 0.6 is 0 Å². The monoisotopic (exact) mass is 240 g/mol. The van der Waals surface area contributed by atoms with Crippen molar-refractivity contribution in [2.45, 2.75) is 52.9 Å². The van der Waals surface area contributed by atoms with Gasteiger partial charge in [0.15, 0.2) is 0 Å². The largest absolute Gasteiger partial charge is 0.0958 e. The molecule has 0 saturated heterocycles. The first-order valence-electron chi connectivity index (χ1n) is 7.11. The van der Waals surface area contributed by atoms with Crippen molar-refractivity contribution in [3.05, 3.63) is 52.1 Å². The zero-order valence-electron chi connectivity index (χ0n) is 12.0. The van der Waals surface area contributed by atoms with E-state index in [-0.39, 0.29) is 0 Å². The van der Waals surface area contributed by atoms with Crippen LogP contribution in [0.2, 0.25) is 0 Å². The van der Waals surface area contributed by atoms with Crippen molar-refractivity contribution in [3.63, 3.8) is 0 Å². The van der Waals surface area contributed by atoms with Gasteiger partial charge >= 0.3 is 0 Å². The van der Waals surface area contributed by atoms with Crippen molar-refractivity contribution in [2.75, 3.05) is 0 Å². The van der Waals surface area contributed by atoms with Crippen molar-refractivity contribution in [2.24, 2.45) is 0 Å². The zero-order chi connectivity index (χ0) is 13.1. The second-order valence-electron chi connectivity index (χ2n) is 5.48. The molecule has 0 spiro atoms. The van der Waals surface area contributed by atoms with E-state index < -0.39 is 0 Å². The van der Waals surface area contributed by atoms with Crippen molar-refractivity contribution in [1.29, 1.82) is 0 Å². The summed E-state index contributed by atoms with van der Waals surface area (Å²) in [5, 5.41) is 0. The van der Waals surface area contributed by atoms with E-state index >= 15 is 0 Å². The second-order valence-corrected chi connectivity index (χ2v) is 5.48. The van der Waals surface area contributed by atoms with Crippen molar-refractivity contribution < 1.29 is 0 Å². The van der Waals surface area contributed by atoms with Crippen LogP contribution < -0.4 is 0 Å². The lowest BCUT2D eigenvalue weighted by Gasteiger charge is -2.12. The molecule has 0 heteroatoms. The molecule has 0 radical (unpaired) electrons. The van der Waals surface area contributed by atoms with Crippen LogP contribution in [-0.4, -0.2) is 0 Å². The van der Waals surface area contributed by atoms with E-state index in [0.29, 0.717) is 0 Å². The van der Waals surface area contributed by atoms with Gasteiger partial charge in [-0.1, -0.05) is 43.7 Å². The maximum atomic E-state index is 4.11. The van der Waals surface area contributed by atoms with Gasteiger partial charge in [-0.25, -0.2) is 0 Å². The lowest BCUT2D eigenvalue weighted by Crippen LogP contribution is -1.95. The quantitative estimate of drug-likeness (QED) is 0.637.